The number of aryl methyl sites for hydroxylation is 1. The number of para-hydroxylation sites is 1. The number of carboxylic acid groups (broad SMARTS) is 1. The molecule has 0 spiro atoms. The van der Waals surface area contributed by atoms with Crippen molar-refractivity contribution in [2.75, 3.05) is 6.61 Å². The van der Waals surface area contributed by atoms with E-state index in [0.717, 1.165) is 30.6 Å². The smallest absolute Gasteiger partial charge is 0.344 e. The second kappa shape index (κ2) is 23.0. The highest BCUT2D eigenvalue weighted by atomic mass is 35.5. The minimum atomic E-state index is -0.929. The van der Waals surface area contributed by atoms with Crippen LogP contribution in [-0.4, -0.2) is 23.8 Å². The Bertz CT molecular complexity index is 1130. The Morgan fingerprint density at radius 1 is 1.17 bits per heavy atom. The van der Waals surface area contributed by atoms with E-state index in [1.807, 2.05) is 57.2 Å². The van der Waals surface area contributed by atoms with Gasteiger partial charge < -0.3 is 20.3 Å². The molecule has 1 aliphatic carbocycles. The third-order valence-corrected chi connectivity index (χ3v) is 6.77. The van der Waals surface area contributed by atoms with E-state index in [2.05, 4.69) is 51.5 Å². The molecule has 1 aliphatic rings. The number of carboxylic acids is 1. The van der Waals surface area contributed by atoms with Gasteiger partial charge in [0, 0.05) is 5.70 Å². The van der Waals surface area contributed by atoms with E-state index in [1.54, 1.807) is 6.07 Å². The van der Waals surface area contributed by atoms with E-state index in [4.69, 9.17) is 26.8 Å². The summed E-state index contributed by atoms with van der Waals surface area (Å²) in [6.45, 7) is 14.2. The van der Waals surface area contributed by atoms with Gasteiger partial charge in [-0.05, 0) is 69.7 Å². The number of rotatable bonds is 12. The molecule has 1 fully saturated rings. The van der Waals surface area contributed by atoms with Crippen LogP contribution in [0, 0.1) is 25.7 Å². The van der Waals surface area contributed by atoms with Crippen molar-refractivity contribution in [3.63, 3.8) is 0 Å². The Morgan fingerprint density at radius 2 is 1.81 bits per heavy atom. The van der Waals surface area contributed by atoms with Crippen LogP contribution in [0.15, 0.2) is 78.5 Å². The van der Waals surface area contributed by atoms with E-state index in [9.17, 15) is 9.90 Å². The molecule has 3 N–H and O–H groups in total. The number of ether oxygens (including phenoxy) is 2. The largest absolute Gasteiger partial charge is 0.487 e. The van der Waals surface area contributed by atoms with Gasteiger partial charge in [-0.3, -0.25) is 0 Å². The predicted octanol–water partition coefficient (Wildman–Crippen LogP) is 9.33. The van der Waals surface area contributed by atoms with Crippen molar-refractivity contribution in [3.8, 4) is 24.3 Å². The Morgan fingerprint density at radius 3 is 2.24 bits per heavy atom. The molecule has 1 unspecified atom stereocenters. The van der Waals surface area contributed by atoms with Crippen LogP contribution in [0.3, 0.4) is 0 Å². The molecule has 5 nitrogen and oxygen atoms in total. The molecule has 42 heavy (non-hydrogen) atoms. The summed E-state index contributed by atoms with van der Waals surface area (Å²) in [5.74, 6) is 1.14. The molecule has 0 radical (unpaired) electrons. The highest BCUT2D eigenvalue weighted by Gasteiger charge is 2.24. The van der Waals surface area contributed by atoms with Gasteiger partial charge in [-0.2, -0.15) is 0 Å². The SMILES string of the molecule is C#C.C/C=C\C(=C\C)CC.C=C(N)COc1ccc(C)cc1.CCCC(Oc1c(Cl)cccc1CC1CCC1)C(=O)O. The lowest BCUT2D eigenvalue weighted by atomic mass is 9.81. The number of aliphatic carboxylic acids is 1. The van der Waals surface area contributed by atoms with Gasteiger partial charge in [0.05, 0.1) is 5.02 Å². The summed E-state index contributed by atoms with van der Waals surface area (Å²) in [4.78, 5) is 11.2. The van der Waals surface area contributed by atoms with Crippen LogP contribution in [0.1, 0.15) is 77.3 Å². The molecule has 3 rings (SSSR count). The van der Waals surface area contributed by atoms with Crippen molar-refractivity contribution in [1.29, 1.82) is 0 Å². The van der Waals surface area contributed by atoms with Crippen LogP contribution in [-0.2, 0) is 11.2 Å². The average molecular weight is 596 g/mol. The van der Waals surface area contributed by atoms with Crippen LogP contribution >= 0.6 is 11.6 Å². The standard InChI is InChI=1S/C16H21ClO3.C10H13NO.C8H14.C2H2/c1-2-5-14(16(18)19)20-15-12(8-4-9-13(15)17)10-11-6-3-7-11;1-8-3-5-10(6-4-8)12-7-9(2)11;1-4-7-8(5-2)6-3;1-2/h4,8-9,11,14H,2-3,5-7,10H2,1H3,(H,18,19);3-6H,2,7,11H2,1H3;4-5,7H,6H2,1-3H3;1-2H/b;;7-4-,8-5+;. The molecule has 1 saturated carbocycles. The summed E-state index contributed by atoms with van der Waals surface area (Å²) in [5.41, 5.74) is 9.55. The van der Waals surface area contributed by atoms with Gasteiger partial charge >= 0.3 is 5.97 Å². The van der Waals surface area contributed by atoms with Crippen molar-refractivity contribution >= 4 is 17.6 Å². The van der Waals surface area contributed by atoms with E-state index in [0.29, 0.717) is 35.4 Å². The Kier molecular flexibility index (Phi) is 21.0. The van der Waals surface area contributed by atoms with E-state index in [-0.39, 0.29) is 0 Å². The monoisotopic (exact) mass is 595 g/mol. The molecule has 6 heteroatoms. The number of carbonyl (C=O) groups is 1. The first-order valence-electron chi connectivity index (χ1n) is 14.6. The first-order valence-corrected chi connectivity index (χ1v) is 14.9. The second-order valence-corrected chi connectivity index (χ2v) is 10.3. The lowest BCUT2D eigenvalue weighted by Crippen LogP contribution is -2.27. The minimum absolute atomic E-state index is 0.378. The lowest BCUT2D eigenvalue weighted by molar-refractivity contribution is -0.145. The van der Waals surface area contributed by atoms with Crippen LogP contribution in [0.25, 0.3) is 0 Å². The van der Waals surface area contributed by atoms with Gasteiger partial charge in [-0.1, -0.05) is 111 Å². The van der Waals surface area contributed by atoms with Gasteiger partial charge in [-0.15, -0.1) is 12.8 Å². The Labute approximate surface area is 259 Å². The van der Waals surface area contributed by atoms with Crippen molar-refractivity contribution < 1.29 is 19.4 Å². The highest BCUT2D eigenvalue weighted by Crippen LogP contribution is 2.36. The van der Waals surface area contributed by atoms with Gasteiger partial charge in [0.1, 0.15) is 18.1 Å². The quantitative estimate of drug-likeness (QED) is 0.189. The number of halogens is 1. The maximum Gasteiger partial charge on any atom is 0.344 e. The number of hydrogen-bond donors (Lipinski definition) is 2. The molecular weight excluding hydrogens is 546 g/mol. The van der Waals surface area contributed by atoms with Gasteiger partial charge in [0.25, 0.3) is 0 Å². The lowest BCUT2D eigenvalue weighted by Gasteiger charge is -2.27. The third-order valence-electron chi connectivity index (χ3n) is 6.47. The summed E-state index contributed by atoms with van der Waals surface area (Å²) in [6.07, 6.45) is 20.6. The zero-order valence-corrected chi connectivity index (χ0v) is 26.8. The van der Waals surface area contributed by atoms with Crippen LogP contribution in [0.2, 0.25) is 5.02 Å². The first kappa shape index (κ1) is 38.4. The molecule has 0 aliphatic heterocycles. The summed E-state index contributed by atoms with van der Waals surface area (Å²) in [5, 5.41) is 9.72. The average Bonchev–Trinajstić information content (AvgIpc) is 2.96. The minimum Gasteiger partial charge on any atom is -0.487 e. The maximum atomic E-state index is 11.2. The fraction of sp³-hybridized carbons (Fsp3) is 0.417. The number of allylic oxidation sites excluding steroid dienone is 4. The highest BCUT2D eigenvalue weighted by molar-refractivity contribution is 6.32. The van der Waals surface area contributed by atoms with Crippen LogP contribution in [0.4, 0.5) is 0 Å². The van der Waals surface area contributed by atoms with Crippen LogP contribution in [0.5, 0.6) is 11.5 Å². The van der Waals surface area contributed by atoms with Crippen molar-refractivity contribution in [3.05, 3.63) is 94.7 Å². The van der Waals surface area contributed by atoms with E-state index in [1.165, 1.54) is 30.4 Å². The summed E-state index contributed by atoms with van der Waals surface area (Å²) >= 11 is 6.21. The van der Waals surface area contributed by atoms with Crippen molar-refractivity contribution in [2.45, 2.75) is 85.7 Å². The number of terminal acetylenes is 1. The molecule has 230 valence electrons. The molecule has 2 aromatic carbocycles. The summed E-state index contributed by atoms with van der Waals surface area (Å²) < 4.78 is 11.0. The normalized spacial score (nSPS) is 13.1. The number of hydrogen-bond acceptors (Lipinski definition) is 4. The Hall–Kier alpha value is -3.62. The molecule has 1 atom stereocenters. The molecule has 0 saturated heterocycles. The summed E-state index contributed by atoms with van der Waals surface area (Å²) in [6, 6.07) is 13.5. The molecule has 0 heterocycles. The predicted molar refractivity (Wildman–Crippen MR) is 178 cm³/mol. The van der Waals surface area contributed by atoms with Gasteiger partial charge in [-0.25, -0.2) is 4.79 Å². The molecular formula is C36H50ClNO4. The topological polar surface area (TPSA) is 81.8 Å². The third kappa shape index (κ3) is 16.0. The van der Waals surface area contributed by atoms with Crippen molar-refractivity contribution in [1.82, 2.24) is 0 Å². The van der Waals surface area contributed by atoms with Gasteiger partial charge in [0.15, 0.2) is 6.10 Å². The second-order valence-electron chi connectivity index (χ2n) is 9.94. The Balaban J connectivity index is 0.000000650. The zero-order valence-electron chi connectivity index (χ0n) is 26.1. The summed E-state index contributed by atoms with van der Waals surface area (Å²) in [7, 11) is 0. The van der Waals surface area contributed by atoms with E-state index >= 15 is 0 Å². The van der Waals surface area contributed by atoms with E-state index < -0.39 is 12.1 Å². The van der Waals surface area contributed by atoms with Crippen molar-refractivity contribution in [2.24, 2.45) is 11.7 Å². The number of nitrogens with two attached hydrogens (primary N) is 1. The fourth-order valence-corrected chi connectivity index (χ4v) is 4.17. The molecule has 0 amide bonds. The molecule has 0 aromatic heterocycles. The number of benzene rings is 2. The zero-order chi connectivity index (χ0) is 31.9. The first-order chi connectivity index (χ1) is 20.1. The maximum absolute atomic E-state index is 11.2. The van der Waals surface area contributed by atoms with Crippen LogP contribution < -0.4 is 15.2 Å². The van der Waals surface area contributed by atoms with Gasteiger partial charge in [0.2, 0.25) is 0 Å². The fourth-order valence-electron chi connectivity index (χ4n) is 3.93. The molecule has 0 bridgehead atoms. The molecule has 2 aromatic rings.